The van der Waals surface area contributed by atoms with Gasteiger partial charge in [0.25, 0.3) is 0 Å². The van der Waals surface area contributed by atoms with Crippen LogP contribution in [0.4, 0.5) is 26.3 Å². The van der Waals surface area contributed by atoms with Gasteiger partial charge in [0.1, 0.15) is 0 Å². The summed E-state index contributed by atoms with van der Waals surface area (Å²) in [6, 6.07) is 1.31. The smallest absolute Gasteiger partial charge is 0.385 e. The van der Waals surface area contributed by atoms with E-state index in [1.54, 1.807) is 0 Å². The molecule has 1 aliphatic carbocycles. The summed E-state index contributed by atoms with van der Waals surface area (Å²) in [4.78, 5) is 0. The van der Waals surface area contributed by atoms with E-state index in [0.717, 1.165) is 0 Å². The van der Waals surface area contributed by atoms with Gasteiger partial charge in [-0.2, -0.15) is 26.3 Å². The standard InChI is InChI=1S/C11H8F6O/c12-10(13,14)6-1-2-7(9(18)3-4-9)8(5-6)11(15,16)17/h1-2,5,18H,3-4H2. The second kappa shape index (κ2) is 3.63. The lowest BCUT2D eigenvalue weighted by Crippen LogP contribution is -2.18. The summed E-state index contributed by atoms with van der Waals surface area (Å²) < 4.78 is 75.2. The van der Waals surface area contributed by atoms with E-state index in [9.17, 15) is 31.4 Å². The molecule has 1 aliphatic rings. The van der Waals surface area contributed by atoms with Crippen molar-refractivity contribution in [2.24, 2.45) is 0 Å². The van der Waals surface area contributed by atoms with Crippen molar-refractivity contribution >= 4 is 0 Å². The Morgan fingerprint density at radius 3 is 1.89 bits per heavy atom. The van der Waals surface area contributed by atoms with Crippen molar-refractivity contribution in [1.82, 2.24) is 0 Å². The van der Waals surface area contributed by atoms with E-state index in [-0.39, 0.29) is 18.9 Å². The van der Waals surface area contributed by atoms with Crippen LogP contribution in [0.5, 0.6) is 0 Å². The number of halogens is 6. The molecule has 18 heavy (non-hydrogen) atoms. The minimum atomic E-state index is -4.92. The van der Waals surface area contributed by atoms with Crippen LogP contribution in [0, 0.1) is 0 Å². The van der Waals surface area contributed by atoms with Crippen LogP contribution in [0.1, 0.15) is 29.5 Å². The van der Waals surface area contributed by atoms with E-state index < -0.39 is 34.6 Å². The Hall–Kier alpha value is -1.24. The zero-order chi connectivity index (χ0) is 13.8. The lowest BCUT2D eigenvalue weighted by molar-refractivity contribution is -0.144. The van der Waals surface area contributed by atoms with Gasteiger partial charge in [-0.3, -0.25) is 0 Å². The first-order valence-corrected chi connectivity index (χ1v) is 5.05. The van der Waals surface area contributed by atoms with Crippen LogP contribution in [0.3, 0.4) is 0 Å². The number of hydrogen-bond donors (Lipinski definition) is 1. The number of aliphatic hydroxyl groups is 1. The summed E-state index contributed by atoms with van der Waals surface area (Å²) in [5.41, 5.74) is -4.90. The molecular weight excluding hydrogens is 262 g/mol. The lowest BCUT2D eigenvalue weighted by Gasteiger charge is -2.18. The van der Waals surface area contributed by atoms with E-state index >= 15 is 0 Å². The van der Waals surface area contributed by atoms with Crippen LogP contribution in [0.25, 0.3) is 0 Å². The van der Waals surface area contributed by atoms with E-state index in [4.69, 9.17) is 0 Å². The van der Waals surface area contributed by atoms with Gasteiger partial charge >= 0.3 is 12.4 Å². The minimum Gasteiger partial charge on any atom is -0.385 e. The molecule has 0 amide bonds. The molecule has 0 aromatic heterocycles. The fourth-order valence-electron chi connectivity index (χ4n) is 1.75. The quantitative estimate of drug-likeness (QED) is 0.771. The highest BCUT2D eigenvalue weighted by molar-refractivity contribution is 5.41. The molecule has 1 aromatic carbocycles. The largest absolute Gasteiger partial charge is 0.416 e. The highest BCUT2D eigenvalue weighted by Crippen LogP contribution is 2.50. The first kappa shape index (κ1) is 13.2. The number of benzene rings is 1. The summed E-state index contributed by atoms with van der Waals surface area (Å²) in [7, 11) is 0. The van der Waals surface area contributed by atoms with Crippen molar-refractivity contribution in [2.75, 3.05) is 0 Å². The van der Waals surface area contributed by atoms with Crippen molar-refractivity contribution in [1.29, 1.82) is 0 Å². The van der Waals surface area contributed by atoms with E-state index in [0.29, 0.717) is 12.1 Å². The number of hydrogen-bond acceptors (Lipinski definition) is 1. The molecule has 0 bridgehead atoms. The molecule has 1 fully saturated rings. The predicted octanol–water partition coefficient (Wildman–Crippen LogP) is 3.71. The maximum absolute atomic E-state index is 12.7. The van der Waals surface area contributed by atoms with Crippen molar-refractivity contribution in [3.63, 3.8) is 0 Å². The summed E-state index contributed by atoms with van der Waals surface area (Å²) in [6.45, 7) is 0. The maximum atomic E-state index is 12.7. The molecule has 0 aliphatic heterocycles. The fourth-order valence-corrected chi connectivity index (χ4v) is 1.75. The molecule has 0 atom stereocenters. The molecule has 0 heterocycles. The second-order valence-electron chi connectivity index (χ2n) is 4.29. The molecule has 2 rings (SSSR count). The molecule has 1 nitrogen and oxygen atoms in total. The monoisotopic (exact) mass is 270 g/mol. The van der Waals surface area contributed by atoms with Gasteiger partial charge in [-0.1, -0.05) is 6.07 Å². The maximum Gasteiger partial charge on any atom is 0.416 e. The SMILES string of the molecule is OC1(c2ccc(C(F)(F)F)cc2C(F)(F)F)CC1. The normalized spacial score (nSPS) is 18.8. The van der Waals surface area contributed by atoms with Crippen LogP contribution in [0.2, 0.25) is 0 Å². The highest BCUT2D eigenvalue weighted by Gasteiger charge is 2.49. The Bertz CT molecular complexity index is 469. The molecule has 0 spiro atoms. The predicted molar refractivity (Wildman–Crippen MR) is 49.6 cm³/mol. The van der Waals surface area contributed by atoms with Gasteiger partial charge in [-0.15, -0.1) is 0 Å². The van der Waals surface area contributed by atoms with Crippen LogP contribution >= 0.6 is 0 Å². The summed E-state index contributed by atoms with van der Waals surface area (Å²) in [5, 5.41) is 9.66. The van der Waals surface area contributed by atoms with Crippen molar-refractivity contribution < 1.29 is 31.4 Å². The van der Waals surface area contributed by atoms with Gasteiger partial charge in [0.15, 0.2) is 0 Å². The zero-order valence-corrected chi connectivity index (χ0v) is 8.86. The van der Waals surface area contributed by atoms with E-state index in [2.05, 4.69) is 0 Å². The molecule has 100 valence electrons. The second-order valence-corrected chi connectivity index (χ2v) is 4.29. The number of rotatable bonds is 1. The Balaban J connectivity index is 2.57. The third-order valence-corrected chi connectivity index (χ3v) is 2.88. The molecule has 0 unspecified atom stereocenters. The topological polar surface area (TPSA) is 20.2 Å². The average molecular weight is 270 g/mol. The van der Waals surface area contributed by atoms with Gasteiger partial charge < -0.3 is 5.11 Å². The third-order valence-electron chi connectivity index (χ3n) is 2.88. The Morgan fingerprint density at radius 1 is 0.944 bits per heavy atom. The molecule has 0 saturated heterocycles. The third kappa shape index (κ3) is 2.31. The molecular formula is C11H8F6O. The summed E-state index contributed by atoms with van der Waals surface area (Å²) >= 11 is 0. The highest BCUT2D eigenvalue weighted by atomic mass is 19.4. The number of alkyl halides is 6. The Morgan fingerprint density at radius 2 is 1.50 bits per heavy atom. The molecule has 1 N–H and O–H groups in total. The molecule has 1 saturated carbocycles. The molecule has 1 aromatic rings. The zero-order valence-electron chi connectivity index (χ0n) is 8.86. The minimum absolute atomic E-state index is 0.0472. The first-order chi connectivity index (χ1) is 8.04. The van der Waals surface area contributed by atoms with E-state index in [1.165, 1.54) is 0 Å². The average Bonchev–Trinajstić information content (AvgIpc) is 2.94. The molecule has 0 radical (unpaired) electrons. The summed E-state index contributed by atoms with van der Waals surface area (Å²) in [5.74, 6) is 0. The van der Waals surface area contributed by atoms with Crippen LogP contribution in [0.15, 0.2) is 18.2 Å². The van der Waals surface area contributed by atoms with Crippen LogP contribution in [-0.2, 0) is 18.0 Å². The lowest BCUT2D eigenvalue weighted by atomic mass is 9.97. The fraction of sp³-hybridized carbons (Fsp3) is 0.455. The van der Waals surface area contributed by atoms with Crippen LogP contribution in [-0.4, -0.2) is 5.11 Å². The van der Waals surface area contributed by atoms with Gasteiger partial charge in [0.05, 0.1) is 16.7 Å². The van der Waals surface area contributed by atoms with Crippen LogP contribution < -0.4 is 0 Å². The van der Waals surface area contributed by atoms with E-state index in [1.807, 2.05) is 0 Å². The van der Waals surface area contributed by atoms with Gasteiger partial charge in [0, 0.05) is 0 Å². The molecule has 7 heteroatoms. The Kier molecular flexibility index (Phi) is 2.66. The first-order valence-electron chi connectivity index (χ1n) is 5.05. The van der Waals surface area contributed by atoms with Gasteiger partial charge in [-0.05, 0) is 30.5 Å². The Labute approximate surface area is 98.0 Å². The van der Waals surface area contributed by atoms with Crippen molar-refractivity contribution in [3.8, 4) is 0 Å². The van der Waals surface area contributed by atoms with Gasteiger partial charge in [0.2, 0.25) is 0 Å². The van der Waals surface area contributed by atoms with Crippen molar-refractivity contribution in [2.45, 2.75) is 30.8 Å². The van der Waals surface area contributed by atoms with Crippen molar-refractivity contribution in [3.05, 3.63) is 34.9 Å². The van der Waals surface area contributed by atoms with Gasteiger partial charge in [-0.25, -0.2) is 0 Å². The summed E-state index contributed by atoms with van der Waals surface area (Å²) in [6.07, 6.45) is -9.51.